The van der Waals surface area contributed by atoms with Crippen molar-refractivity contribution in [1.82, 2.24) is 5.32 Å². The van der Waals surface area contributed by atoms with E-state index in [4.69, 9.17) is 11.6 Å². The van der Waals surface area contributed by atoms with Gasteiger partial charge >= 0.3 is 0 Å². The molecule has 0 aliphatic carbocycles. The molecule has 1 amide bonds. The van der Waals surface area contributed by atoms with E-state index in [-0.39, 0.29) is 5.91 Å². The molecule has 0 atom stereocenters. The summed E-state index contributed by atoms with van der Waals surface area (Å²) in [6, 6.07) is 13.7. The van der Waals surface area contributed by atoms with Gasteiger partial charge in [0.05, 0.1) is 0 Å². The summed E-state index contributed by atoms with van der Waals surface area (Å²) in [4.78, 5) is 11.8. The van der Waals surface area contributed by atoms with Gasteiger partial charge in [-0.2, -0.15) is 0 Å². The smallest absolute Gasteiger partial charge is 0.222 e. The first-order valence-electron chi connectivity index (χ1n) is 7.37. The summed E-state index contributed by atoms with van der Waals surface area (Å²) in [5.41, 5.74) is 4.48. The number of hydrogen-bond acceptors (Lipinski definition) is 2. The Morgan fingerprint density at radius 1 is 1.09 bits per heavy atom. The molecule has 0 spiro atoms. The molecular formula is C18H21ClN2O. The molecule has 0 aliphatic heterocycles. The van der Waals surface area contributed by atoms with Crippen LogP contribution in [0.25, 0.3) is 0 Å². The maximum absolute atomic E-state index is 11.8. The van der Waals surface area contributed by atoms with Crippen molar-refractivity contribution in [1.29, 1.82) is 0 Å². The third-order valence-electron chi connectivity index (χ3n) is 3.62. The summed E-state index contributed by atoms with van der Waals surface area (Å²) in [6.07, 6.45) is 0.428. The van der Waals surface area contributed by atoms with Gasteiger partial charge in [0.2, 0.25) is 5.91 Å². The molecule has 0 fully saturated rings. The van der Waals surface area contributed by atoms with Crippen LogP contribution in [0.1, 0.15) is 23.1 Å². The number of anilines is 1. The fraction of sp³-hybridized carbons (Fsp3) is 0.278. The second-order valence-electron chi connectivity index (χ2n) is 5.34. The van der Waals surface area contributed by atoms with Gasteiger partial charge in [-0.3, -0.25) is 4.79 Å². The van der Waals surface area contributed by atoms with Crippen LogP contribution in [0.2, 0.25) is 5.02 Å². The molecule has 0 saturated carbocycles. The Morgan fingerprint density at radius 3 is 2.59 bits per heavy atom. The van der Waals surface area contributed by atoms with Crippen molar-refractivity contribution in [2.75, 3.05) is 11.9 Å². The van der Waals surface area contributed by atoms with Crippen LogP contribution in [-0.2, 0) is 11.3 Å². The topological polar surface area (TPSA) is 41.1 Å². The molecule has 0 unspecified atom stereocenters. The highest BCUT2D eigenvalue weighted by Gasteiger charge is 2.04. The lowest BCUT2D eigenvalue weighted by Gasteiger charge is -2.10. The SMILES string of the molecule is Cc1ccc(NCCC(=O)NCc2ccccc2Cl)cc1C. The second-order valence-corrected chi connectivity index (χ2v) is 5.75. The van der Waals surface area contributed by atoms with E-state index < -0.39 is 0 Å². The Morgan fingerprint density at radius 2 is 1.86 bits per heavy atom. The largest absolute Gasteiger partial charge is 0.385 e. The van der Waals surface area contributed by atoms with Gasteiger partial charge in [0, 0.05) is 30.2 Å². The fourth-order valence-electron chi connectivity index (χ4n) is 2.10. The van der Waals surface area contributed by atoms with Crippen molar-refractivity contribution in [3.63, 3.8) is 0 Å². The highest BCUT2D eigenvalue weighted by molar-refractivity contribution is 6.31. The number of rotatable bonds is 6. The lowest BCUT2D eigenvalue weighted by Crippen LogP contribution is -2.25. The molecule has 0 bridgehead atoms. The Hall–Kier alpha value is -2.00. The quantitative estimate of drug-likeness (QED) is 0.843. The first-order chi connectivity index (χ1) is 10.6. The Balaban J connectivity index is 1.74. The number of aryl methyl sites for hydroxylation is 2. The van der Waals surface area contributed by atoms with E-state index in [9.17, 15) is 4.79 Å². The summed E-state index contributed by atoms with van der Waals surface area (Å²) in [5, 5.41) is 6.83. The third-order valence-corrected chi connectivity index (χ3v) is 3.99. The number of nitrogens with one attached hydrogen (secondary N) is 2. The van der Waals surface area contributed by atoms with Crippen LogP contribution in [0.15, 0.2) is 42.5 Å². The van der Waals surface area contributed by atoms with Crippen molar-refractivity contribution >= 4 is 23.2 Å². The van der Waals surface area contributed by atoms with E-state index in [1.807, 2.05) is 30.3 Å². The fourth-order valence-corrected chi connectivity index (χ4v) is 2.30. The Bertz CT molecular complexity index is 655. The molecule has 0 saturated heterocycles. The van der Waals surface area contributed by atoms with Crippen LogP contribution < -0.4 is 10.6 Å². The Kier molecular flexibility index (Phi) is 5.84. The van der Waals surface area contributed by atoms with Crippen LogP contribution >= 0.6 is 11.6 Å². The van der Waals surface area contributed by atoms with Gasteiger partial charge in [-0.15, -0.1) is 0 Å². The zero-order valence-corrected chi connectivity index (χ0v) is 13.7. The second kappa shape index (κ2) is 7.85. The molecule has 4 heteroatoms. The normalized spacial score (nSPS) is 10.3. The lowest BCUT2D eigenvalue weighted by molar-refractivity contribution is -0.121. The molecule has 22 heavy (non-hydrogen) atoms. The van der Waals surface area contributed by atoms with E-state index in [0.717, 1.165) is 11.3 Å². The molecule has 0 heterocycles. The summed E-state index contributed by atoms with van der Waals surface area (Å²) < 4.78 is 0. The molecule has 0 aromatic heterocycles. The standard InChI is InChI=1S/C18H21ClN2O/c1-13-7-8-16(11-14(13)2)20-10-9-18(22)21-12-15-5-3-4-6-17(15)19/h3-8,11,20H,9-10,12H2,1-2H3,(H,21,22). The molecule has 0 aliphatic rings. The van der Waals surface area contributed by atoms with Crippen molar-refractivity contribution in [2.24, 2.45) is 0 Å². The summed E-state index contributed by atoms with van der Waals surface area (Å²) in [7, 11) is 0. The van der Waals surface area contributed by atoms with Gasteiger partial charge < -0.3 is 10.6 Å². The maximum atomic E-state index is 11.8. The minimum Gasteiger partial charge on any atom is -0.385 e. The van der Waals surface area contributed by atoms with Gasteiger partial charge in [-0.25, -0.2) is 0 Å². The van der Waals surface area contributed by atoms with Crippen molar-refractivity contribution in [2.45, 2.75) is 26.8 Å². The minimum atomic E-state index is 0.0104. The first kappa shape index (κ1) is 16.4. The summed E-state index contributed by atoms with van der Waals surface area (Å²) in [6.45, 7) is 5.23. The van der Waals surface area contributed by atoms with E-state index >= 15 is 0 Å². The predicted molar refractivity (Wildman–Crippen MR) is 92.3 cm³/mol. The van der Waals surface area contributed by atoms with Crippen LogP contribution in [0, 0.1) is 13.8 Å². The van der Waals surface area contributed by atoms with Crippen molar-refractivity contribution < 1.29 is 4.79 Å². The van der Waals surface area contributed by atoms with Crippen LogP contribution in [0.3, 0.4) is 0 Å². The average molecular weight is 317 g/mol. The molecule has 2 aromatic rings. The van der Waals surface area contributed by atoms with E-state index in [0.29, 0.717) is 24.5 Å². The highest BCUT2D eigenvalue weighted by atomic mass is 35.5. The number of benzene rings is 2. The highest BCUT2D eigenvalue weighted by Crippen LogP contribution is 2.15. The van der Waals surface area contributed by atoms with E-state index in [2.05, 4.69) is 36.6 Å². The maximum Gasteiger partial charge on any atom is 0.222 e. The number of amides is 1. The molecule has 3 nitrogen and oxygen atoms in total. The molecule has 2 aromatic carbocycles. The lowest BCUT2D eigenvalue weighted by atomic mass is 10.1. The first-order valence-corrected chi connectivity index (χ1v) is 7.75. The zero-order valence-electron chi connectivity index (χ0n) is 12.9. The molecular weight excluding hydrogens is 296 g/mol. The number of carbonyl (C=O) groups excluding carboxylic acids is 1. The summed E-state index contributed by atoms with van der Waals surface area (Å²) >= 11 is 6.06. The van der Waals surface area contributed by atoms with Crippen molar-refractivity contribution in [3.8, 4) is 0 Å². The molecule has 2 N–H and O–H groups in total. The average Bonchev–Trinajstić information content (AvgIpc) is 2.50. The minimum absolute atomic E-state index is 0.0104. The zero-order chi connectivity index (χ0) is 15.9. The van der Waals surface area contributed by atoms with Gasteiger partial charge in [-0.1, -0.05) is 35.9 Å². The number of carbonyl (C=O) groups is 1. The van der Waals surface area contributed by atoms with Crippen LogP contribution in [0.5, 0.6) is 0 Å². The van der Waals surface area contributed by atoms with E-state index in [1.165, 1.54) is 11.1 Å². The van der Waals surface area contributed by atoms with Crippen LogP contribution in [0.4, 0.5) is 5.69 Å². The van der Waals surface area contributed by atoms with Gasteiger partial charge in [0.15, 0.2) is 0 Å². The van der Waals surface area contributed by atoms with Gasteiger partial charge in [-0.05, 0) is 48.7 Å². The van der Waals surface area contributed by atoms with E-state index in [1.54, 1.807) is 0 Å². The molecule has 2 rings (SSSR count). The van der Waals surface area contributed by atoms with Crippen molar-refractivity contribution in [3.05, 3.63) is 64.2 Å². The van der Waals surface area contributed by atoms with Crippen LogP contribution in [-0.4, -0.2) is 12.5 Å². The monoisotopic (exact) mass is 316 g/mol. The predicted octanol–water partition coefficient (Wildman–Crippen LogP) is 4.08. The number of halogens is 1. The molecule has 116 valence electrons. The number of hydrogen-bond donors (Lipinski definition) is 2. The summed E-state index contributed by atoms with van der Waals surface area (Å²) in [5.74, 6) is 0.0104. The Labute approximate surface area is 136 Å². The van der Waals surface area contributed by atoms with Gasteiger partial charge in [0.1, 0.15) is 0 Å². The molecule has 0 radical (unpaired) electrons. The third kappa shape index (κ3) is 4.78. The van der Waals surface area contributed by atoms with Gasteiger partial charge in [0.25, 0.3) is 0 Å².